The molecule has 1 aromatic carbocycles. The van der Waals surface area contributed by atoms with E-state index in [0.717, 1.165) is 11.1 Å². The zero-order valence-electron chi connectivity index (χ0n) is 9.73. The summed E-state index contributed by atoms with van der Waals surface area (Å²) in [6.07, 6.45) is 0. The van der Waals surface area contributed by atoms with E-state index in [2.05, 4.69) is 5.32 Å². The van der Waals surface area contributed by atoms with Crippen molar-refractivity contribution >= 4 is 11.9 Å². The van der Waals surface area contributed by atoms with Crippen molar-refractivity contribution in [1.82, 2.24) is 5.32 Å². The Morgan fingerprint density at radius 2 is 1.82 bits per heavy atom. The highest BCUT2D eigenvalue weighted by molar-refractivity contribution is 5.99. The second kappa shape index (κ2) is 5.45. The molecule has 0 radical (unpaired) electrons. The van der Waals surface area contributed by atoms with Gasteiger partial charge >= 0.3 is 5.97 Å². The number of benzene rings is 1. The first-order chi connectivity index (χ1) is 7.97. The summed E-state index contributed by atoms with van der Waals surface area (Å²) in [5, 5.41) is 19.8. The molecule has 0 aliphatic carbocycles. The maximum Gasteiger partial charge on any atom is 0.328 e. The Morgan fingerprint density at radius 1 is 1.29 bits per heavy atom. The molecule has 17 heavy (non-hydrogen) atoms. The summed E-state index contributed by atoms with van der Waals surface area (Å²) >= 11 is 0. The van der Waals surface area contributed by atoms with E-state index in [-0.39, 0.29) is 0 Å². The van der Waals surface area contributed by atoms with Crippen molar-refractivity contribution in [3.63, 3.8) is 0 Å². The van der Waals surface area contributed by atoms with E-state index in [1.807, 2.05) is 6.07 Å². The highest BCUT2D eigenvalue weighted by Crippen LogP contribution is 2.13. The number of nitrogens with one attached hydrogen (secondary N) is 1. The summed E-state index contributed by atoms with van der Waals surface area (Å²) < 4.78 is 0. The van der Waals surface area contributed by atoms with Crippen LogP contribution >= 0.6 is 0 Å². The Hall–Kier alpha value is -1.88. The Kier molecular flexibility index (Phi) is 4.23. The molecular formula is C12H15NO4. The summed E-state index contributed by atoms with van der Waals surface area (Å²) in [5.74, 6) is -1.74. The molecule has 0 fully saturated rings. The van der Waals surface area contributed by atoms with Crippen LogP contribution in [0, 0.1) is 13.8 Å². The molecule has 0 aliphatic heterocycles. The second-order valence-electron chi connectivity index (χ2n) is 3.81. The lowest BCUT2D eigenvalue weighted by atomic mass is 10.0. The minimum atomic E-state index is -1.28. The van der Waals surface area contributed by atoms with Crippen LogP contribution in [-0.4, -0.2) is 34.7 Å². The predicted octanol–water partition coefficient (Wildman–Crippen LogP) is 0.479. The van der Waals surface area contributed by atoms with E-state index in [1.54, 1.807) is 26.0 Å². The maximum atomic E-state index is 11.9. The fraction of sp³-hybridized carbons (Fsp3) is 0.333. The van der Waals surface area contributed by atoms with Gasteiger partial charge in [0.1, 0.15) is 0 Å². The van der Waals surface area contributed by atoms with Gasteiger partial charge in [-0.25, -0.2) is 4.79 Å². The van der Waals surface area contributed by atoms with Crippen LogP contribution in [0.1, 0.15) is 21.5 Å². The van der Waals surface area contributed by atoms with Gasteiger partial charge in [0.05, 0.1) is 6.61 Å². The molecule has 0 heterocycles. The molecule has 0 bridgehead atoms. The molecule has 0 saturated heterocycles. The molecule has 1 aromatic rings. The molecule has 92 valence electrons. The third-order valence-corrected chi connectivity index (χ3v) is 2.49. The van der Waals surface area contributed by atoms with Crippen molar-refractivity contribution in [3.05, 3.63) is 34.9 Å². The molecule has 0 unspecified atom stereocenters. The van der Waals surface area contributed by atoms with Crippen LogP contribution in [0.15, 0.2) is 18.2 Å². The molecule has 1 rings (SSSR count). The van der Waals surface area contributed by atoms with E-state index in [0.29, 0.717) is 5.56 Å². The van der Waals surface area contributed by atoms with Gasteiger partial charge in [-0.15, -0.1) is 0 Å². The second-order valence-corrected chi connectivity index (χ2v) is 3.81. The number of hydrogen-bond donors (Lipinski definition) is 3. The van der Waals surface area contributed by atoms with Gasteiger partial charge in [-0.2, -0.15) is 0 Å². The van der Waals surface area contributed by atoms with Crippen LogP contribution in [0.4, 0.5) is 0 Å². The first-order valence-corrected chi connectivity index (χ1v) is 5.18. The zero-order chi connectivity index (χ0) is 13.0. The van der Waals surface area contributed by atoms with Crippen molar-refractivity contribution in [3.8, 4) is 0 Å². The van der Waals surface area contributed by atoms with Crippen LogP contribution in [-0.2, 0) is 4.79 Å². The lowest BCUT2D eigenvalue weighted by molar-refractivity contribution is -0.140. The van der Waals surface area contributed by atoms with Crippen LogP contribution < -0.4 is 5.32 Å². The quantitative estimate of drug-likeness (QED) is 0.710. The number of hydrogen-bond acceptors (Lipinski definition) is 3. The number of carboxylic acid groups (broad SMARTS) is 1. The standard InChI is InChI=1S/C12H15NO4/c1-7-4-3-5-8(2)10(7)11(15)13-9(6-14)12(16)17/h3-5,9,14H,6H2,1-2H3,(H,13,15)(H,16,17)/t9-/m0/s1. The van der Waals surface area contributed by atoms with E-state index >= 15 is 0 Å². The fourth-order valence-electron chi connectivity index (χ4n) is 1.59. The minimum absolute atomic E-state index is 0.451. The van der Waals surface area contributed by atoms with Gasteiger partial charge in [-0.05, 0) is 25.0 Å². The molecule has 1 atom stereocenters. The van der Waals surface area contributed by atoms with Crippen LogP contribution in [0.5, 0.6) is 0 Å². The largest absolute Gasteiger partial charge is 0.480 e. The minimum Gasteiger partial charge on any atom is -0.480 e. The molecule has 0 aromatic heterocycles. The number of aliphatic carboxylic acids is 1. The number of aliphatic hydroxyl groups excluding tert-OH is 1. The first kappa shape index (κ1) is 13.2. The Labute approximate surface area is 99.1 Å². The number of rotatable bonds is 4. The molecule has 0 spiro atoms. The normalized spacial score (nSPS) is 11.9. The van der Waals surface area contributed by atoms with Gasteiger partial charge < -0.3 is 15.5 Å². The molecular weight excluding hydrogens is 222 g/mol. The maximum absolute atomic E-state index is 11.9. The Morgan fingerprint density at radius 3 is 2.24 bits per heavy atom. The molecule has 0 saturated carbocycles. The SMILES string of the molecule is Cc1cccc(C)c1C(=O)N[C@@H](CO)C(=O)O. The lowest BCUT2D eigenvalue weighted by Crippen LogP contribution is -2.43. The van der Waals surface area contributed by atoms with Gasteiger partial charge in [-0.3, -0.25) is 4.79 Å². The van der Waals surface area contributed by atoms with Gasteiger partial charge in [0.25, 0.3) is 5.91 Å². The number of carbonyl (C=O) groups is 2. The number of carbonyl (C=O) groups excluding carboxylic acids is 1. The summed E-state index contributed by atoms with van der Waals surface area (Å²) in [4.78, 5) is 22.6. The molecule has 0 aliphatic rings. The smallest absolute Gasteiger partial charge is 0.328 e. The third kappa shape index (κ3) is 3.04. The van der Waals surface area contributed by atoms with Crippen molar-refractivity contribution in [1.29, 1.82) is 0 Å². The summed E-state index contributed by atoms with van der Waals surface area (Å²) in [6.45, 7) is 2.92. The molecule has 5 nitrogen and oxygen atoms in total. The van der Waals surface area contributed by atoms with Gasteiger partial charge in [0.15, 0.2) is 6.04 Å². The van der Waals surface area contributed by atoms with Gasteiger partial charge in [-0.1, -0.05) is 18.2 Å². The average Bonchev–Trinajstić information content (AvgIpc) is 2.25. The summed E-state index contributed by atoms with van der Waals surface area (Å²) in [5.41, 5.74) is 1.99. The lowest BCUT2D eigenvalue weighted by Gasteiger charge is -2.14. The highest BCUT2D eigenvalue weighted by Gasteiger charge is 2.21. The average molecular weight is 237 g/mol. The van der Waals surface area contributed by atoms with Crippen LogP contribution in [0.2, 0.25) is 0 Å². The highest BCUT2D eigenvalue weighted by atomic mass is 16.4. The Balaban J connectivity index is 2.94. The number of aryl methyl sites for hydroxylation is 2. The molecule has 5 heteroatoms. The van der Waals surface area contributed by atoms with Crippen molar-refractivity contribution in [2.45, 2.75) is 19.9 Å². The van der Waals surface area contributed by atoms with E-state index in [9.17, 15) is 9.59 Å². The van der Waals surface area contributed by atoms with E-state index in [4.69, 9.17) is 10.2 Å². The fourth-order valence-corrected chi connectivity index (χ4v) is 1.59. The van der Waals surface area contributed by atoms with Crippen LogP contribution in [0.3, 0.4) is 0 Å². The predicted molar refractivity (Wildman–Crippen MR) is 61.9 cm³/mol. The molecule has 3 N–H and O–H groups in total. The van der Waals surface area contributed by atoms with Crippen molar-refractivity contribution < 1.29 is 19.8 Å². The Bertz CT molecular complexity index is 422. The first-order valence-electron chi connectivity index (χ1n) is 5.18. The van der Waals surface area contributed by atoms with Gasteiger partial charge in [0.2, 0.25) is 0 Å². The zero-order valence-corrected chi connectivity index (χ0v) is 9.73. The summed E-state index contributed by atoms with van der Waals surface area (Å²) in [7, 11) is 0. The van der Waals surface area contributed by atoms with Crippen molar-refractivity contribution in [2.24, 2.45) is 0 Å². The van der Waals surface area contributed by atoms with E-state index in [1.165, 1.54) is 0 Å². The third-order valence-electron chi connectivity index (χ3n) is 2.49. The number of carboxylic acids is 1. The molecule has 1 amide bonds. The monoisotopic (exact) mass is 237 g/mol. The van der Waals surface area contributed by atoms with Gasteiger partial charge in [0, 0.05) is 5.56 Å². The topological polar surface area (TPSA) is 86.6 Å². The number of amides is 1. The van der Waals surface area contributed by atoms with E-state index < -0.39 is 24.5 Å². The van der Waals surface area contributed by atoms with Crippen LogP contribution in [0.25, 0.3) is 0 Å². The number of aliphatic hydroxyl groups is 1. The van der Waals surface area contributed by atoms with Crippen molar-refractivity contribution in [2.75, 3.05) is 6.61 Å². The summed E-state index contributed by atoms with van der Waals surface area (Å²) in [6, 6.07) is 4.09.